The lowest BCUT2D eigenvalue weighted by Crippen LogP contribution is -2.30. The summed E-state index contributed by atoms with van der Waals surface area (Å²) in [5, 5.41) is 9.84. The molecule has 0 aliphatic carbocycles. The van der Waals surface area contributed by atoms with Crippen LogP contribution in [-0.2, 0) is 42.2 Å². The summed E-state index contributed by atoms with van der Waals surface area (Å²) in [6, 6.07) is 0. The highest BCUT2D eigenvalue weighted by Gasteiger charge is 2.28. The summed E-state index contributed by atoms with van der Waals surface area (Å²) in [6.07, 6.45) is 62.3. The molecular formula is C64H119O11P. The summed E-state index contributed by atoms with van der Waals surface area (Å²) < 4.78 is 39.7. The Morgan fingerprint density at radius 1 is 0.368 bits per heavy atom. The molecule has 2 N–H and O–H groups in total. The number of phosphoric ester groups is 1. The third kappa shape index (κ3) is 56.4. The third-order valence-corrected chi connectivity index (χ3v) is 15.0. The molecular weight excluding hydrogens is 976 g/mol. The first-order valence-electron chi connectivity index (χ1n) is 31.9. The van der Waals surface area contributed by atoms with Crippen LogP contribution in [0.3, 0.4) is 0 Å². The largest absolute Gasteiger partial charge is 0.472 e. The van der Waals surface area contributed by atoms with Gasteiger partial charge in [0.05, 0.1) is 19.8 Å². The van der Waals surface area contributed by atoms with Gasteiger partial charge in [0.1, 0.15) is 12.7 Å². The van der Waals surface area contributed by atoms with Gasteiger partial charge in [-0.15, -0.1) is 0 Å². The Labute approximate surface area is 467 Å². The molecule has 0 radical (unpaired) electrons. The highest BCUT2D eigenvalue weighted by atomic mass is 31.2. The number of aliphatic hydroxyl groups is 1. The van der Waals surface area contributed by atoms with E-state index in [0.717, 1.165) is 83.5 Å². The monoisotopic (exact) mass is 1090 g/mol. The predicted molar refractivity (Wildman–Crippen MR) is 316 cm³/mol. The number of aliphatic hydroxyl groups excluding tert-OH is 1. The molecule has 0 saturated heterocycles. The van der Waals surface area contributed by atoms with Gasteiger partial charge in [0.15, 0.2) is 6.10 Å². The Hall–Kier alpha value is -2.30. The van der Waals surface area contributed by atoms with Gasteiger partial charge in [-0.2, -0.15) is 0 Å². The number of hydrogen-bond acceptors (Lipinski definition) is 10. The second kappa shape index (κ2) is 58.8. The van der Waals surface area contributed by atoms with E-state index in [1.54, 1.807) is 0 Å². The number of carbonyl (C=O) groups is 3. The molecule has 0 spiro atoms. The predicted octanol–water partition coefficient (Wildman–Crippen LogP) is 19.2. The molecule has 12 heteroatoms. The normalized spacial score (nSPS) is 13.5. The molecule has 0 bridgehead atoms. The van der Waals surface area contributed by atoms with Crippen molar-refractivity contribution in [2.45, 2.75) is 328 Å². The number of esters is 3. The van der Waals surface area contributed by atoms with E-state index in [4.69, 9.17) is 23.3 Å². The average molecular weight is 1100 g/mol. The topological polar surface area (TPSA) is 155 Å². The summed E-state index contributed by atoms with van der Waals surface area (Å²) in [4.78, 5) is 48.7. The maximum absolute atomic E-state index is 12.9. The zero-order valence-electron chi connectivity index (χ0n) is 49.5. The van der Waals surface area contributed by atoms with Crippen molar-refractivity contribution >= 4 is 25.7 Å². The molecule has 0 saturated carbocycles. The van der Waals surface area contributed by atoms with Gasteiger partial charge >= 0.3 is 25.7 Å². The number of ether oxygens (including phenoxy) is 3. The molecule has 3 atom stereocenters. The van der Waals surface area contributed by atoms with E-state index in [0.29, 0.717) is 19.3 Å². The molecule has 0 rings (SSSR count). The molecule has 76 heavy (non-hydrogen) atoms. The van der Waals surface area contributed by atoms with Gasteiger partial charge in [-0.25, -0.2) is 4.57 Å². The average Bonchev–Trinajstić information content (AvgIpc) is 3.41. The molecule has 0 fully saturated rings. The smallest absolute Gasteiger partial charge is 0.462 e. The van der Waals surface area contributed by atoms with Crippen LogP contribution in [0.1, 0.15) is 316 Å². The lowest BCUT2D eigenvalue weighted by atomic mass is 10.0. The van der Waals surface area contributed by atoms with Crippen molar-refractivity contribution in [1.29, 1.82) is 0 Å². The number of rotatable bonds is 60. The van der Waals surface area contributed by atoms with E-state index in [1.165, 1.54) is 173 Å². The minimum absolute atomic E-state index is 0.164. The second-order valence-electron chi connectivity index (χ2n) is 21.6. The van der Waals surface area contributed by atoms with Crippen molar-refractivity contribution in [3.63, 3.8) is 0 Å². The lowest BCUT2D eigenvalue weighted by Gasteiger charge is -2.21. The van der Waals surface area contributed by atoms with Gasteiger partial charge in [0, 0.05) is 19.3 Å². The van der Waals surface area contributed by atoms with Gasteiger partial charge in [-0.05, 0) is 77.0 Å². The van der Waals surface area contributed by atoms with Gasteiger partial charge in [0.25, 0.3) is 0 Å². The maximum Gasteiger partial charge on any atom is 0.472 e. The number of carbonyl (C=O) groups excluding carboxylic acids is 3. The van der Waals surface area contributed by atoms with Crippen molar-refractivity contribution in [1.82, 2.24) is 0 Å². The van der Waals surface area contributed by atoms with Crippen LogP contribution in [0.15, 0.2) is 36.5 Å². The number of allylic oxidation sites excluding steroid dienone is 6. The van der Waals surface area contributed by atoms with Gasteiger partial charge in [0.2, 0.25) is 0 Å². The Morgan fingerprint density at radius 3 is 1.01 bits per heavy atom. The van der Waals surface area contributed by atoms with Crippen LogP contribution in [0.2, 0.25) is 0 Å². The minimum Gasteiger partial charge on any atom is -0.462 e. The van der Waals surface area contributed by atoms with Crippen LogP contribution in [0.25, 0.3) is 0 Å². The van der Waals surface area contributed by atoms with Crippen LogP contribution >= 0.6 is 7.82 Å². The van der Waals surface area contributed by atoms with E-state index < -0.39 is 57.8 Å². The van der Waals surface area contributed by atoms with E-state index in [9.17, 15) is 28.9 Å². The zero-order chi connectivity index (χ0) is 55.5. The lowest BCUT2D eigenvalue weighted by molar-refractivity contribution is -0.161. The summed E-state index contributed by atoms with van der Waals surface area (Å²) in [6.45, 7) is 4.66. The Balaban J connectivity index is 4.68. The third-order valence-electron chi connectivity index (χ3n) is 14.0. The van der Waals surface area contributed by atoms with Crippen LogP contribution in [-0.4, -0.2) is 66.5 Å². The summed E-state index contributed by atoms with van der Waals surface area (Å²) in [5.74, 6) is -1.46. The highest BCUT2D eigenvalue weighted by Crippen LogP contribution is 2.43. The van der Waals surface area contributed by atoms with Crippen molar-refractivity contribution < 1.29 is 52.2 Å². The molecule has 0 aromatic heterocycles. The maximum atomic E-state index is 12.9. The van der Waals surface area contributed by atoms with E-state index >= 15 is 0 Å². The van der Waals surface area contributed by atoms with E-state index in [-0.39, 0.29) is 25.9 Å². The van der Waals surface area contributed by atoms with Gasteiger partial charge in [-0.1, -0.05) is 256 Å². The molecule has 0 aromatic carbocycles. The number of phosphoric acid groups is 1. The summed E-state index contributed by atoms with van der Waals surface area (Å²) in [7, 11) is -4.75. The van der Waals surface area contributed by atoms with Crippen molar-refractivity contribution in [2.75, 3.05) is 26.4 Å². The van der Waals surface area contributed by atoms with Gasteiger partial charge in [-0.3, -0.25) is 23.4 Å². The number of hydrogen-bond donors (Lipinski definition) is 2. The minimum atomic E-state index is -4.75. The first-order chi connectivity index (χ1) is 37.2. The highest BCUT2D eigenvalue weighted by molar-refractivity contribution is 7.47. The first kappa shape index (κ1) is 73.7. The Kier molecular flexibility index (Phi) is 57.1. The molecule has 0 aliphatic heterocycles. The Morgan fingerprint density at radius 2 is 0.645 bits per heavy atom. The van der Waals surface area contributed by atoms with E-state index in [1.807, 2.05) is 0 Å². The van der Waals surface area contributed by atoms with Crippen LogP contribution in [0, 0.1) is 0 Å². The molecule has 446 valence electrons. The summed E-state index contributed by atoms with van der Waals surface area (Å²) in [5.41, 5.74) is 0. The molecule has 0 aromatic rings. The van der Waals surface area contributed by atoms with Crippen LogP contribution in [0.5, 0.6) is 0 Å². The second-order valence-corrected chi connectivity index (χ2v) is 23.0. The summed E-state index contributed by atoms with van der Waals surface area (Å²) >= 11 is 0. The van der Waals surface area contributed by atoms with Crippen LogP contribution in [0.4, 0.5) is 0 Å². The van der Waals surface area contributed by atoms with E-state index in [2.05, 4.69) is 57.2 Å². The van der Waals surface area contributed by atoms with Gasteiger partial charge < -0.3 is 24.2 Å². The fourth-order valence-corrected chi connectivity index (χ4v) is 9.93. The van der Waals surface area contributed by atoms with Crippen LogP contribution < -0.4 is 0 Å². The van der Waals surface area contributed by atoms with Crippen molar-refractivity contribution in [3.05, 3.63) is 36.5 Å². The Bertz CT molecular complexity index is 1420. The first-order valence-corrected chi connectivity index (χ1v) is 33.4. The zero-order valence-corrected chi connectivity index (χ0v) is 50.4. The molecule has 0 heterocycles. The van der Waals surface area contributed by atoms with Crippen molar-refractivity contribution in [2.24, 2.45) is 0 Å². The molecule has 0 aliphatic rings. The number of unbranched alkanes of at least 4 members (excludes halogenated alkanes) is 37. The standard InChI is InChI=1S/C64H119O11P/c1-4-7-10-13-16-19-22-25-28-29-30-31-34-37-40-43-46-49-52-55-64(68)75-61(57-71-62(66)53-50-47-44-41-38-35-32-26-23-20-17-14-11-8-5-2)59-73-76(69,70)72-58-60(56-65)74-63(67)54-51-48-45-42-39-36-33-27-24-21-18-15-12-9-6-3/h18,21,25,27-28,33,60-61,65H,4-17,19-20,22-24,26,29-32,34-59H2,1-3H3,(H,69,70)/b21-18-,28-25-,33-27-. The van der Waals surface area contributed by atoms with Crippen molar-refractivity contribution in [3.8, 4) is 0 Å². The SMILES string of the molecule is CCCCC/C=C\C/C=C\CCCCCCCC(=O)OC(CO)COP(=O)(O)OCC(COC(=O)CCCCCCCCCCCCCCCCC)OC(=O)CCCCCCCCCCC/C=C\CCCCCCCC. The molecule has 11 nitrogen and oxygen atoms in total. The quantitative estimate of drug-likeness (QED) is 0.0197. The molecule has 0 amide bonds. The molecule has 3 unspecified atom stereocenters. The fraction of sp³-hybridized carbons (Fsp3) is 0.859. The fourth-order valence-electron chi connectivity index (χ4n) is 9.15.